The number of pyridine rings is 1. The minimum absolute atomic E-state index is 0.0478. The monoisotopic (exact) mass is 430 g/mol. The Bertz CT molecular complexity index is 912. The fourth-order valence-corrected chi connectivity index (χ4v) is 3.85. The van der Waals surface area contributed by atoms with Gasteiger partial charge in [-0.2, -0.15) is 11.8 Å². The van der Waals surface area contributed by atoms with Crippen LogP contribution in [0.5, 0.6) is 0 Å². The minimum Gasteiger partial charge on any atom is -0.346 e. The molecule has 1 aliphatic rings. The third-order valence-electron chi connectivity index (χ3n) is 5.22. The van der Waals surface area contributed by atoms with Crippen LogP contribution in [0.25, 0.3) is 11.5 Å². The molecular weight excluding hydrogens is 400 g/mol. The van der Waals surface area contributed by atoms with Crippen molar-refractivity contribution in [1.82, 2.24) is 31.1 Å². The lowest BCUT2D eigenvalue weighted by atomic mass is 9.84. The van der Waals surface area contributed by atoms with Crippen molar-refractivity contribution in [3.63, 3.8) is 0 Å². The smallest absolute Gasteiger partial charge is 0.251 e. The Labute approximate surface area is 181 Å². The number of aromatic amines is 1. The van der Waals surface area contributed by atoms with Gasteiger partial charge < -0.3 is 10.3 Å². The van der Waals surface area contributed by atoms with Crippen LogP contribution in [0.1, 0.15) is 45.3 Å². The van der Waals surface area contributed by atoms with E-state index < -0.39 is 0 Å². The molecule has 3 atom stereocenters. The molecule has 2 aromatic heterocycles. The number of rotatable bonds is 7. The maximum atomic E-state index is 13.0. The summed E-state index contributed by atoms with van der Waals surface area (Å²) in [6, 6.07) is 6.40. The number of aromatic nitrogens is 3. The molecule has 1 amide bonds. The Kier molecular flexibility index (Phi) is 7.27. The molecule has 1 fully saturated rings. The molecule has 30 heavy (non-hydrogen) atoms. The maximum absolute atomic E-state index is 13.0. The fourth-order valence-electron chi connectivity index (χ4n) is 3.38. The van der Waals surface area contributed by atoms with E-state index >= 15 is 0 Å². The first kappa shape index (κ1) is 22.5. The highest BCUT2D eigenvalue weighted by molar-refractivity contribution is 7.98. The molecule has 1 aliphatic heterocycles. The number of nitrogens with one attached hydrogen (secondary N) is 4. The second kappa shape index (κ2) is 9.72. The van der Waals surface area contributed by atoms with E-state index in [9.17, 15) is 9.59 Å². The Morgan fingerprint density at radius 2 is 2.13 bits per heavy atom. The van der Waals surface area contributed by atoms with Crippen molar-refractivity contribution < 1.29 is 4.79 Å². The second-order valence-corrected chi connectivity index (χ2v) is 9.56. The molecule has 0 spiro atoms. The predicted octanol–water partition coefficient (Wildman–Crippen LogP) is 2.02. The molecule has 162 valence electrons. The summed E-state index contributed by atoms with van der Waals surface area (Å²) in [5.74, 6) is 1.14. The number of hydrogen-bond acceptors (Lipinski definition) is 7. The molecular formula is C21H30N6O2S. The quantitative estimate of drug-likeness (QED) is 0.532. The Balaban J connectivity index is 1.80. The maximum Gasteiger partial charge on any atom is 0.251 e. The van der Waals surface area contributed by atoms with Gasteiger partial charge in [-0.15, -0.1) is 0 Å². The average molecular weight is 431 g/mol. The van der Waals surface area contributed by atoms with Gasteiger partial charge in [0.25, 0.3) is 5.56 Å². The van der Waals surface area contributed by atoms with Crippen LogP contribution in [0.15, 0.2) is 35.3 Å². The van der Waals surface area contributed by atoms with E-state index in [-0.39, 0.29) is 35.0 Å². The van der Waals surface area contributed by atoms with Crippen LogP contribution in [-0.4, -0.2) is 45.0 Å². The van der Waals surface area contributed by atoms with Gasteiger partial charge in [-0.1, -0.05) is 26.8 Å². The molecule has 2 aromatic rings. The first-order valence-electron chi connectivity index (χ1n) is 10.1. The third kappa shape index (κ3) is 5.68. The van der Waals surface area contributed by atoms with Crippen molar-refractivity contribution in [2.45, 2.75) is 51.7 Å². The highest BCUT2D eigenvalue weighted by Crippen LogP contribution is 2.26. The van der Waals surface area contributed by atoms with Crippen molar-refractivity contribution in [3.05, 3.63) is 46.5 Å². The summed E-state index contributed by atoms with van der Waals surface area (Å²) in [5, 5.41) is 3.10. The average Bonchev–Trinajstić information content (AvgIpc) is 3.22. The summed E-state index contributed by atoms with van der Waals surface area (Å²) in [6.45, 7) is 6.44. The molecule has 0 aliphatic carbocycles. The molecule has 0 radical (unpaired) electrons. The minimum atomic E-state index is -0.356. The molecule has 1 saturated heterocycles. The van der Waals surface area contributed by atoms with Gasteiger partial charge in [-0.25, -0.2) is 10.4 Å². The molecule has 4 N–H and O–H groups in total. The Morgan fingerprint density at radius 3 is 2.77 bits per heavy atom. The first-order valence-corrected chi connectivity index (χ1v) is 11.5. The SMILES string of the molecule is CSCCC(NC(=O)C1CC(C(C)(C)C)NN1)c1cc(=O)[nH]c(-c2ccccn2)n1. The molecule has 0 aromatic carbocycles. The van der Waals surface area contributed by atoms with Crippen LogP contribution < -0.4 is 21.7 Å². The fraction of sp³-hybridized carbons (Fsp3) is 0.524. The summed E-state index contributed by atoms with van der Waals surface area (Å²) in [5.41, 5.74) is 7.25. The molecule has 8 nitrogen and oxygen atoms in total. The van der Waals surface area contributed by atoms with Crippen LogP contribution in [0.2, 0.25) is 0 Å². The number of H-pyrrole nitrogens is 1. The van der Waals surface area contributed by atoms with Crippen LogP contribution >= 0.6 is 11.8 Å². The lowest BCUT2D eigenvalue weighted by molar-refractivity contribution is -0.123. The van der Waals surface area contributed by atoms with E-state index in [0.717, 1.165) is 5.75 Å². The largest absolute Gasteiger partial charge is 0.346 e. The van der Waals surface area contributed by atoms with Gasteiger partial charge >= 0.3 is 0 Å². The lowest BCUT2D eigenvalue weighted by Crippen LogP contribution is -2.45. The number of hydrazine groups is 1. The number of thioether (sulfide) groups is 1. The van der Waals surface area contributed by atoms with Gasteiger partial charge in [0.2, 0.25) is 5.91 Å². The van der Waals surface area contributed by atoms with Crippen LogP contribution in [0.4, 0.5) is 0 Å². The highest BCUT2D eigenvalue weighted by atomic mass is 32.2. The standard InChI is InChI=1S/C21H30N6O2S/c1-21(2,3)17-11-16(26-27-17)20(29)24-13(8-10-30-4)15-12-18(28)25-19(23-15)14-7-5-6-9-22-14/h5-7,9,12-13,16-17,26-27H,8,10-11H2,1-4H3,(H,24,29)(H,23,25,28). The second-order valence-electron chi connectivity index (χ2n) is 8.57. The van der Waals surface area contributed by atoms with Gasteiger partial charge in [0.05, 0.1) is 11.7 Å². The van der Waals surface area contributed by atoms with Gasteiger partial charge in [0.15, 0.2) is 5.82 Å². The normalized spacial score (nSPS) is 20.1. The predicted molar refractivity (Wildman–Crippen MR) is 120 cm³/mol. The Morgan fingerprint density at radius 1 is 1.33 bits per heavy atom. The molecule has 3 unspecified atom stereocenters. The zero-order valence-corrected chi connectivity index (χ0v) is 18.7. The zero-order valence-electron chi connectivity index (χ0n) is 17.9. The number of carbonyl (C=O) groups is 1. The van der Waals surface area contributed by atoms with E-state index in [1.54, 1.807) is 30.1 Å². The molecule has 3 heterocycles. The topological polar surface area (TPSA) is 112 Å². The number of nitrogens with zero attached hydrogens (tertiary/aromatic N) is 2. The van der Waals surface area contributed by atoms with E-state index in [1.165, 1.54) is 6.07 Å². The van der Waals surface area contributed by atoms with E-state index in [1.807, 2.05) is 12.3 Å². The van der Waals surface area contributed by atoms with Crippen LogP contribution in [0.3, 0.4) is 0 Å². The van der Waals surface area contributed by atoms with Crippen LogP contribution in [-0.2, 0) is 4.79 Å². The zero-order chi connectivity index (χ0) is 21.7. The molecule has 3 rings (SSSR count). The van der Waals surface area contributed by atoms with E-state index in [2.05, 4.69) is 51.9 Å². The summed E-state index contributed by atoms with van der Waals surface area (Å²) in [4.78, 5) is 36.9. The van der Waals surface area contributed by atoms with Crippen molar-refractivity contribution in [3.8, 4) is 11.5 Å². The number of amides is 1. The van der Waals surface area contributed by atoms with E-state index in [4.69, 9.17) is 0 Å². The van der Waals surface area contributed by atoms with Crippen molar-refractivity contribution >= 4 is 17.7 Å². The molecule has 9 heteroatoms. The summed E-state index contributed by atoms with van der Waals surface area (Å²) < 4.78 is 0. The Hall–Kier alpha value is -2.23. The van der Waals surface area contributed by atoms with Gasteiger partial charge in [-0.05, 0) is 42.4 Å². The third-order valence-corrected chi connectivity index (χ3v) is 5.86. The van der Waals surface area contributed by atoms with Crippen LogP contribution in [0, 0.1) is 5.41 Å². The molecule has 0 bridgehead atoms. The van der Waals surface area contributed by atoms with Gasteiger partial charge in [0.1, 0.15) is 11.7 Å². The van der Waals surface area contributed by atoms with Crippen molar-refractivity contribution in [1.29, 1.82) is 0 Å². The summed E-state index contributed by atoms with van der Waals surface area (Å²) in [7, 11) is 0. The van der Waals surface area contributed by atoms with Crippen molar-refractivity contribution in [2.24, 2.45) is 5.41 Å². The van der Waals surface area contributed by atoms with Crippen molar-refractivity contribution in [2.75, 3.05) is 12.0 Å². The van der Waals surface area contributed by atoms with Gasteiger partial charge in [-0.3, -0.25) is 20.0 Å². The summed E-state index contributed by atoms with van der Waals surface area (Å²) >= 11 is 1.69. The lowest BCUT2D eigenvalue weighted by Gasteiger charge is -2.26. The van der Waals surface area contributed by atoms with Gasteiger partial charge in [0, 0.05) is 18.3 Å². The number of carbonyl (C=O) groups excluding carboxylic acids is 1. The highest BCUT2D eigenvalue weighted by Gasteiger charge is 2.36. The molecule has 0 saturated carbocycles. The summed E-state index contributed by atoms with van der Waals surface area (Å²) in [6.07, 6.45) is 5.04. The number of hydrogen-bond donors (Lipinski definition) is 4. The first-order chi connectivity index (χ1) is 14.3. The van der Waals surface area contributed by atoms with E-state index in [0.29, 0.717) is 30.1 Å².